The molecule has 0 unspecified atom stereocenters. The molecule has 0 radical (unpaired) electrons. The second-order valence-electron chi connectivity index (χ2n) is 9.28. The van der Waals surface area contributed by atoms with Crippen LogP contribution in [0.15, 0.2) is 48.9 Å². The molecule has 0 saturated carbocycles. The summed E-state index contributed by atoms with van der Waals surface area (Å²) in [6.45, 7) is 5.70. The molecular formula is C27H28F4N6O. The van der Waals surface area contributed by atoms with E-state index in [-0.39, 0.29) is 19.6 Å². The number of hydrogen-bond acceptors (Lipinski definition) is 4. The van der Waals surface area contributed by atoms with Crippen LogP contribution in [0.4, 0.5) is 17.6 Å². The Labute approximate surface area is 217 Å². The highest BCUT2D eigenvalue weighted by Crippen LogP contribution is 2.31. The number of aryl methyl sites for hydroxylation is 2. The Hall–Kier alpha value is -3.99. The highest BCUT2D eigenvalue weighted by Gasteiger charge is 2.39. The number of benzene rings is 2. The van der Waals surface area contributed by atoms with Gasteiger partial charge in [0.2, 0.25) is 0 Å². The van der Waals surface area contributed by atoms with E-state index in [2.05, 4.69) is 15.5 Å². The van der Waals surface area contributed by atoms with E-state index < -0.39 is 29.2 Å². The molecule has 3 N–H and O–H groups in total. The molecule has 2 aromatic heterocycles. The van der Waals surface area contributed by atoms with Crippen molar-refractivity contribution in [3.8, 4) is 0 Å². The fourth-order valence-electron chi connectivity index (χ4n) is 4.32. The summed E-state index contributed by atoms with van der Waals surface area (Å²) in [7, 11) is 0. The minimum absolute atomic E-state index is 0.0149. The average Bonchev–Trinajstić information content (AvgIpc) is 3.48. The molecule has 0 atom stereocenters. The van der Waals surface area contributed by atoms with E-state index in [1.165, 1.54) is 0 Å². The van der Waals surface area contributed by atoms with Crippen molar-refractivity contribution in [3.63, 3.8) is 0 Å². The molecule has 0 aliphatic heterocycles. The fourth-order valence-corrected chi connectivity index (χ4v) is 4.32. The van der Waals surface area contributed by atoms with Gasteiger partial charge in [-0.2, -0.15) is 23.4 Å². The summed E-state index contributed by atoms with van der Waals surface area (Å²) in [6, 6.07) is 8.91. The van der Waals surface area contributed by atoms with E-state index in [4.69, 9.17) is 5.73 Å². The largest absolute Gasteiger partial charge is 0.435 e. The Balaban J connectivity index is 1.50. The van der Waals surface area contributed by atoms with Gasteiger partial charge in [0.05, 0.1) is 24.8 Å². The third kappa shape index (κ3) is 5.94. The normalized spacial score (nSPS) is 11.7. The van der Waals surface area contributed by atoms with Gasteiger partial charge in [0, 0.05) is 31.0 Å². The third-order valence-electron chi connectivity index (χ3n) is 6.33. The van der Waals surface area contributed by atoms with Gasteiger partial charge in [-0.25, -0.2) is 4.39 Å². The van der Waals surface area contributed by atoms with Gasteiger partial charge in [0.25, 0.3) is 5.91 Å². The maximum Gasteiger partial charge on any atom is 0.435 e. The summed E-state index contributed by atoms with van der Waals surface area (Å²) in [5.74, 6) is -1.44. The van der Waals surface area contributed by atoms with E-state index >= 15 is 0 Å². The Bertz CT molecular complexity index is 1450. The molecule has 11 heteroatoms. The fraction of sp³-hybridized carbons (Fsp3) is 0.296. The van der Waals surface area contributed by atoms with Gasteiger partial charge in [0.1, 0.15) is 5.82 Å². The molecule has 4 rings (SSSR count). The number of rotatable bonds is 8. The lowest BCUT2D eigenvalue weighted by atomic mass is 9.98. The van der Waals surface area contributed by atoms with Crippen molar-refractivity contribution in [2.45, 2.75) is 53.1 Å². The van der Waals surface area contributed by atoms with Gasteiger partial charge in [-0.3, -0.25) is 14.2 Å². The molecule has 0 saturated heterocycles. The summed E-state index contributed by atoms with van der Waals surface area (Å²) in [5.41, 5.74) is 8.22. The number of hydrogen-bond donors (Lipinski definition) is 2. The van der Waals surface area contributed by atoms with E-state index in [1.54, 1.807) is 42.9 Å². The molecule has 4 aromatic rings. The summed E-state index contributed by atoms with van der Waals surface area (Å²) in [5, 5.41) is 10.4. The van der Waals surface area contributed by atoms with E-state index in [0.717, 1.165) is 27.6 Å². The lowest BCUT2D eigenvalue weighted by Crippen LogP contribution is -2.26. The number of amides is 1. The summed E-state index contributed by atoms with van der Waals surface area (Å²) < 4.78 is 58.6. The molecule has 1 amide bonds. The van der Waals surface area contributed by atoms with Gasteiger partial charge in [-0.15, -0.1) is 0 Å². The number of nitrogens with two attached hydrogens (primary N) is 1. The van der Waals surface area contributed by atoms with Crippen LogP contribution in [0.25, 0.3) is 0 Å². The molecule has 38 heavy (non-hydrogen) atoms. The summed E-state index contributed by atoms with van der Waals surface area (Å²) >= 11 is 0. The molecule has 0 bridgehead atoms. The van der Waals surface area contributed by atoms with E-state index in [9.17, 15) is 22.4 Å². The summed E-state index contributed by atoms with van der Waals surface area (Å²) in [4.78, 5) is 12.8. The first-order valence-electron chi connectivity index (χ1n) is 11.9. The predicted octanol–water partition coefficient (Wildman–Crippen LogP) is 4.65. The first kappa shape index (κ1) is 27.1. The zero-order valence-corrected chi connectivity index (χ0v) is 21.2. The number of nitrogens with zero attached hydrogens (tertiary/aromatic N) is 4. The summed E-state index contributed by atoms with van der Waals surface area (Å²) in [6.07, 6.45) is -0.0753. The quantitative estimate of drug-likeness (QED) is 0.326. The molecule has 2 aromatic carbocycles. The zero-order chi connectivity index (χ0) is 27.6. The van der Waals surface area contributed by atoms with Crippen LogP contribution in [0, 0.1) is 26.6 Å². The Morgan fingerprint density at radius 3 is 2.21 bits per heavy atom. The second-order valence-corrected chi connectivity index (χ2v) is 9.28. The van der Waals surface area contributed by atoms with Gasteiger partial charge >= 0.3 is 6.18 Å². The molecule has 0 spiro atoms. The van der Waals surface area contributed by atoms with E-state index in [1.807, 2.05) is 25.3 Å². The van der Waals surface area contributed by atoms with Crippen molar-refractivity contribution in [2.24, 2.45) is 5.73 Å². The van der Waals surface area contributed by atoms with Crippen molar-refractivity contribution in [2.75, 3.05) is 0 Å². The van der Waals surface area contributed by atoms with Gasteiger partial charge in [-0.1, -0.05) is 30.3 Å². The van der Waals surface area contributed by atoms with Crippen LogP contribution < -0.4 is 11.1 Å². The number of nitrogens with one attached hydrogen (secondary N) is 1. The predicted molar refractivity (Wildman–Crippen MR) is 134 cm³/mol. The van der Waals surface area contributed by atoms with Crippen LogP contribution in [0.5, 0.6) is 0 Å². The first-order chi connectivity index (χ1) is 18.0. The second kappa shape index (κ2) is 10.8. The SMILES string of the molecule is Cc1cnn(Cc2ccc(Cn3cc(C(=O)NCc4c(C)cc(CN)c(F)c4C)c(C(F)(F)F)n3)cc2)c1. The van der Waals surface area contributed by atoms with Crippen LogP contribution in [0.1, 0.15) is 55.0 Å². The monoisotopic (exact) mass is 528 g/mol. The van der Waals surface area contributed by atoms with Gasteiger partial charge < -0.3 is 11.1 Å². The van der Waals surface area contributed by atoms with Gasteiger partial charge in [-0.05, 0) is 54.2 Å². The number of carbonyl (C=O) groups excluding carboxylic acids is 1. The molecular weight excluding hydrogens is 500 g/mol. The topological polar surface area (TPSA) is 90.8 Å². The maximum atomic E-state index is 14.5. The molecule has 2 heterocycles. The smallest absolute Gasteiger partial charge is 0.348 e. The minimum atomic E-state index is -4.83. The molecule has 0 fully saturated rings. The number of aromatic nitrogens is 4. The highest BCUT2D eigenvalue weighted by atomic mass is 19.4. The zero-order valence-electron chi connectivity index (χ0n) is 21.2. The van der Waals surface area contributed by atoms with Crippen LogP contribution in [0.3, 0.4) is 0 Å². The number of alkyl halides is 3. The lowest BCUT2D eigenvalue weighted by Gasteiger charge is -2.15. The third-order valence-corrected chi connectivity index (χ3v) is 6.33. The number of carbonyl (C=O) groups is 1. The maximum absolute atomic E-state index is 14.5. The van der Waals surface area contributed by atoms with Crippen LogP contribution in [0.2, 0.25) is 0 Å². The Kier molecular flexibility index (Phi) is 7.68. The molecule has 7 nitrogen and oxygen atoms in total. The van der Waals surface area contributed by atoms with E-state index in [0.29, 0.717) is 28.8 Å². The Morgan fingerprint density at radius 2 is 1.66 bits per heavy atom. The van der Waals surface area contributed by atoms with Crippen molar-refractivity contribution in [1.29, 1.82) is 0 Å². The standard InChI is InChI=1S/C27H28F4N6O/c1-16-10-34-36(12-16)13-19-4-6-20(7-5-19)14-37-15-23(25(35-37)27(29,30)31)26(38)33-11-22-17(2)8-21(9-32)24(28)18(22)3/h4-8,10,12,15H,9,11,13-14,32H2,1-3H3,(H,33,38). The average molecular weight is 529 g/mol. The van der Waals surface area contributed by atoms with Crippen molar-refractivity contribution < 1.29 is 22.4 Å². The van der Waals surface area contributed by atoms with Crippen molar-refractivity contribution >= 4 is 5.91 Å². The van der Waals surface area contributed by atoms with Crippen LogP contribution in [-0.4, -0.2) is 25.5 Å². The van der Waals surface area contributed by atoms with Gasteiger partial charge in [0.15, 0.2) is 5.69 Å². The van der Waals surface area contributed by atoms with Crippen LogP contribution in [-0.2, 0) is 32.4 Å². The van der Waals surface area contributed by atoms with Crippen molar-refractivity contribution in [3.05, 3.63) is 105 Å². The molecule has 200 valence electrons. The Morgan fingerprint density at radius 1 is 1.03 bits per heavy atom. The first-order valence-corrected chi connectivity index (χ1v) is 11.9. The lowest BCUT2D eigenvalue weighted by molar-refractivity contribution is -0.141. The molecule has 0 aliphatic carbocycles. The van der Waals surface area contributed by atoms with Crippen LogP contribution >= 0.6 is 0 Å². The number of halogens is 4. The highest BCUT2D eigenvalue weighted by molar-refractivity contribution is 5.95. The minimum Gasteiger partial charge on any atom is -0.348 e. The molecule has 0 aliphatic rings. The van der Waals surface area contributed by atoms with Crippen molar-refractivity contribution in [1.82, 2.24) is 24.9 Å².